The maximum absolute atomic E-state index is 9.20. The number of hydrogen-bond acceptors (Lipinski definition) is 3. The highest BCUT2D eigenvalue weighted by Crippen LogP contribution is 2.24. The lowest BCUT2D eigenvalue weighted by molar-refractivity contribution is 0.544. The second kappa shape index (κ2) is 6.56. The van der Waals surface area contributed by atoms with Crippen LogP contribution < -0.4 is 5.32 Å². The molecule has 0 saturated carbocycles. The maximum Gasteiger partial charge on any atom is 0.144 e. The molecule has 1 heterocycles. The number of fused-ring (bicyclic) bond motifs is 1. The van der Waals surface area contributed by atoms with E-state index in [-0.39, 0.29) is 0 Å². The molecule has 3 heteroatoms. The molecular formula is C16H23N3. The van der Waals surface area contributed by atoms with Crippen LogP contribution in [0.4, 0.5) is 5.82 Å². The van der Waals surface area contributed by atoms with Crippen LogP contribution in [0, 0.1) is 17.2 Å². The molecule has 0 radical (unpaired) electrons. The van der Waals surface area contributed by atoms with Crippen LogP contribution in [0.5, 0.6) is 0 Å². The Labute approximate surface area is 116 Å². The molecule has 0 amide bonds. The van der Waals surface area contributed by atoms with Crippen LogP contribution in [0.15, 0.2) is 6.07 Å². The van der Waals surface area contributed by atoms with Crippen molar-refractivity contribution in [3.63, 3.8) is 0 Å². The van der Waals surface area contributed by atoms with E-state index in [9.17, 15) is 5.26 Å². The highest BCUT2D eigenvalue weighted by Gasteiger charge is 2.15. The molecule has 1 aromatic rings. The molecule has 0 aromatic carbocycles. The number of unbranched alkanes of at least 4 members (excludes halogenated alkanes) is 1. The van der Waals surface area contributed by atoms with Crippen LogP contribution in [-0.4, -0.2) is 11.5 Å². The molecule has 0 saturated heterocycles. The third-order valence-electron chi connectivity index (χ3n) is 3.67. The van der Waals surface area contributed by atoms with Gasteiger partial charge in [-0.3, -0.25) is 0 Å². The third kappa shape index (κ3) is 3.70. The van der Waals surface area contributed by atoms with Crippen molar-refractivity contribution in [3.05, 3.63) is 22.9 Å². The van der Waals surface area contributed by atoms with Crippen LogP contribution in [0.3, 0.4) is 0 Å². The first kappa shape index (κ1) is 13.9. The van der Waals surface area contributed by atoms with Crippen molar-refractivity contribution in [2.24, 2.45) is 5.92 Å². The first-order valence-corrected chi connectivity index (χ1v) is 7.37. The van der Waals surface area contributed by atoms with Gasteiger partial charge in [-0.2, -0.15) is 5.26 Å². The second-order valence-corrected chi connectivity index (χ2v) is 5.77. The van der Waals surface area contributed by atoms with Gasteiger partial charge >= 0.3 is 0 Å². The quantitative estimate of drug-likeness (QED) is 0.791. The number of anilines is 1. The predicted octanol–water partition coefficient (Wildman–Crippen LogP) is 3.68. The van der Waals surface area contributed by atoms with Crippen molar-refractivity contribution in [2.45, 2.75) is 52.4 Å². The number of nitrogens with one attached hydrogen (secondary N) is 1. The Balaban J connectivity index is 1.91. The second-order valence-electron chi connectivity index (χ2n) is 5.77. The average Bonchev–Trinajstić information content (AvgIpc) is 2.83. The van der Waals surface area contributed by atoms with Crippen molar-refractivity contribution in [1.82, 2.24) is 4.98 Å². The van der Waals surface area contributed by atoms with Crippen molar-refractivity contribution < 1.29 is 0 Å². The van der Waals surface area contributed by atoms with E-state index in [1.165, 1.54) is 30.5 Å². The van der Waals surface area contributed by atoms with E-state index < -0.39 is 0 Å². The smallest absolute Gasteiger partial charge is 0.144 e. The van der Waals surface area contributed by atoms with Gasteiger partial charge in [0.2, 0.25) is 0 Å². The number of pyridine rings is 1. The van der Waals surface area contributed by atoms with Crippen LogP contribution in [0.1, 0.15) is 56.4 Å². The minimum atomic E-state index is 0.699. The van der Waals surface area contributed by atoms with Crippen molar-refractivity contribution in [1.29, 1.82) is 5.26 Å². The number of aryl methyl sites for hydroxylation is 2. The van der Waals surface area contributed by atoms with Gasteiger partial charge in [0.15, 0.2) is 0 Å². The predicted molar refractivity (Wildman–Crippen MR) is 78.2 cm³/mol. The SMILES string of the molecule is CC(C)CCCCNc1nc2c(cc1C#N)CCC2. The molecule has 3 nitrogen and oxygen atoms in total. The topological polar surface area (TPSA) is 48.7 Å². The molecular weight excluding hydrogens is 234 g/mol. The Hall–Kier alpha value is -1.56. The standard InChI is InChI=1S/C16H23N3/c1-12(2)6-3-4-9-18-16-14(11-17)10-13-7-5-8-15(13)19-16/h10,12H,3-9H2,1-2H3,(H,18,19). The summed E-state index contributed by atoms with van der Waals surface area (Å²) in [7, 11) is 0. The van der Waals surface area contributed by atoms with Gasteiger partial charge in [0.1, 0.15) is 11.9 Å². The largest absolute Gasteiger partial charge is 0.369 e. The number of nitriles is 1. The molecule has 0 atom stereocenters. The summed E-state index contributed by atoms with van der Waals surface area (Å²) >= 11 is 0. The van der Waals surface area contributed by atoms with E-state index in [1.807, 2.05) is 6.07 Å². The third-order valence-corrected chi connectivity index (χ3v) is 3.67. The summed E-state index contributed by atoms with van der Waals surface area (Å²) in [5, 5.41) is 12.5. The summed E-state index contributed by atoms with van der Waals surface area (Å²) < 4.78 is 0. The molecule has 0 spiro atoms. The Morgan fingerprint density at radius 1 is 1.37 bits per heavy atom. The zero-order chi connectivity index (χ0) is 13.7. The normalized spacial score (nSPS) is 13.4. The van der Waals surface area contributed by atoms with E-state index in [0.29, 0.717) is 5.56 Å². The molecule has 0 fully saturated rings. The summed E-state index contributed by atoms with van der Waals surface area (Å²) in [6, 6.07) is 4.28. The first-order valence-electron chi connectivity index (χ1n) is 7.37. The van der Waals surface area contributed by atoms with Gasteiger partial charge < -0.3 is 5.32 Å². The van der Waals surface area contributed by atoms with Crippen molar-refractivity contribution in [2.75, 3.05) is 11.9 Å². The Kier molecular flexibility index (Phi) is 4.79. The Bertz CT molecular complexity index is 472. The fraction of sp³-hybridized carbons (Fsp3) is 0.625. The van der Waals surface area contributed by atoms with Crippen molar-refractivity contribution >= 4 is 5.82 Å². The Morgan fingerprint density at radius 3 is 2.95 bits per heavy atom. The maximum atomic E-state index is 9.20. The molecule has 0 bridgehead atoms. The van der Waals surface area contributed by atoms with Crippen molar-refractivity contribution in [3.8, 4) is 6.07 Å². The monoisotopic (exact) mass is 257 g/mol. The fourth-order valence-corrected chi connectivity index (χ4v) is 2.58. The molecule has 2 rings (SSSR count). The highest BCUT2D eigenvalue weighted by molar-refractivity contribution is 5.55. The van der Waals surface area contributed by atoms with E-state index in [1.54, 1.807) is 0 Å². The van der Waals surface area contributed by atoms with Gasteiger partial charge in [-0.1, -0.05) is 26.7 Å². The molecule has 19 heavy (non-hydrogen) atoms. The zero-order valence-electron chi connectivity index (χ0n) is 12.0. The molecule has 102 valence electrons. The minimum absolute atomic E-state index is 0.699. The lowest BCUT2D eigenvalue weighted by Gasteiger charge is -2.10. The van der Waals surface area contributed by atoms with E-state index in [0.717, 1.165) is 37.5 Å². The zero-order valence-corrected chi connectivity index (χ0v) is 12.0. The van der Waals surface area contributed by atoms with Gasteiger partial charge in [-0.05, 0) is 43.2 Å². The summed E-state index contributed by atoms with van der Waals surface area (Å²) in [6.07, 6.45) is 6.95. The van der Waals surface area contributed by atoms with Crippen LogP contribution in [0.25, 0.3) is 0 Å². The van der Waals surface area contributed by atoms with Crippen LogP contribution >= 0.6 is 0 Å². The Morgan fingerprint density at radius 2 is 2.21 bits per heavy atom. The van der Waals surface area contributed by atoms with Crippen LogP contribution in [-0.2, 0) is 12.8 Å². The van der Waals surface area contributed by atoms with Gasteiger partial charge in [0, 0.05) is 12.2 Å². The summed E-state index contributed by atoms with van der Waals surface area (Å²) in [5.41, 5.74) is 3.15. The lowest BCUT2D eigenvalue weighted by atomic mass is 10.1. The molecule has 1 aromatic heterocycles. The first-order chi connectivity index (χ1) is 9.20. The molecule has 0 aliphatic heterocycles. The van der Waals surface area contributed by atoms with Gasteiger partial charge in [-0.15, -0.1) is 0 Å². The van der Waals surface area contributed by atoms with E-state index in [2.05, 4.69) is 30.2 Å². The summed E-state index contributed by atoms with van der Waals surface area (Å²) in [6.45, 7) is 5.42. The number of rotatable bonds is 6. The van der Waals surface area contributed by atoms with E-state index in [4.69, 9.17) is 0 Å². The molecule has 1 aliphatic rings. The number of nitrogens with zero attached hydrogens (tertiary/aromatic N) is 2. The van der Waals surface area contributed by atoms with Crippen LogP contribution in [0.2, 0.25) is 0 Å². The summed E-state index contributed by atoms with van der Waals surface area (Å²) in [4.78, 5) is 4.62. The van der Waals surface area contributed by atoms with Gasteiger partial charge in [0.05, 0.1) is 5.56 Å². The molecule has 1 aliphatic carbocycles. The number of hydrogen-bond donors (Lipinski definition) is 1. The average molecular weight is 257 g/mol. The number of aromatic nitrogens is 1. The molecule has 1 N–H and O–H groups in total. The molecule has 0 unspecified atom stereocenters. The lowest BCUT2D eigenvalue weighted by Crippen LogP contribution is -2.07. The minimum Gasteiger partial charge on any atom is -0.369 e. The van der Waals surface area contributed by atoms with E-state index >= 15 is 0 Å². The fourth-order valence-electron chi connectivity index (χ4n) is 2.58. The van der Waals surface area contributed by atoms with Gasteiger partial charge in [0.25, 0.3) is 0 Å². The van der Waals surface area contributed by atoms with Gasteiger partial charge in [-0.25, -0.2) is 4.98 Å². The highest BCUT2D eigenvalue weighted by atomic mass is 15.0. The summed E-state index contributed by atoms with van der Waals surface area (Å²) in [5.74, 6) is 1.56.